The van der Waals surface area contributed by atoms with Gasteiger partial charge in [-0.15, -0.1) is 0 Å². The monoisotopic (exact) mass is 271 g/mol. The first-order valence-electron chi connectivity index (χ1n) is 5.65. The molecule has 2 aromatic rings. The SMILES string of the molecule is NCC(Cn1ncc2ccccc2c1=O)C(F)(F)F. The van der Waals surface area contributed by atoms with E-state index in [0.29, 0.717) is 10.8 Å². The van der Waals surface area contributed by atoms with E-state index in [1.165, 1.54) is 6.20 Å². The van der Waals surface area contributed by atoms with Crippen molar-refractivity contribution in [3.05, 3.63) is 40.8 Å². The number of halogens is 3. The molecule has 102 valence electrons. The lowest BCUT2D eigenvalue weighted by molar-refractivity contribution is -0.175. The molecule has 2 N–H and O–H groups in total. The zero-order valence-corrected chi connectivity index (χ0v) is 9.89. The topological polar surface area (TPSA) is 60.9 Å². The van der Waals surface area contributed by atoms with E-state index in [1.807, 2.05) is 0 Å². The van der Waals surface area contributed by atoms with Crippen molar-refractivity contribution in [3.8, 4) is 0 Å². The summed E-state index contributed by atoms with van der Waals surface area (Å²) >= 11 is 0. The molecule has 1 atom stereocenters. The van der Waals surface area contributed by atoms with Crippen molar-refractivity contribution >= 4 is 10.8 Å². The predicted octanol–water partition coefficient (Wildman–Crippen LogP) is 1.53. The van der Waals surface area contributed by atoms with Gasteiger partial charge in [0.2, 0.25) is 0 Å². The summed E-state index contributed by atoms with van der Waals surface area (Å²) in [6.07, 6.45) is -3.07. The number of nitrogens with zero attached hydrogens (tertiary/aromatic N) is 2. The lowest BCUT2D eigenvalue weighted by atomic mass is 10.1. The molecule has 7 heteroatoms. The maximum Gasteiger partial charge on any atom is 0.394 e. The summed E-state index contributed by atoms with van der Waals surface area (Å²) < 4.78 is 38.7. The molecule has 19 heavy (non-hydrogen) atoms. The van der Waals surface area contributed by atoms with Crippen LogP contribution in [-0.4, -0.2) is 22.5 Å². The minimum Gasteiger partial charge on any atom is -0.330 e. The van der Waals surface area contributed by atoms with E-state index in [4.69, 9.17) is 5.73 Å². The summed E-state index contributed by atoms with van der Waals surface area (Å²) in [6, 6.07) is 6.61. The molecule has 1 unspecified atom stereocenters. The minimum absolute atomic E-state index is 0.343. The fraction of sp³-hybridized carbons (Fsp3) is 0.333. The lowest BCUT2D eigenvalue weighted by Crippen LogP contribution is -2.37. The highest BCUT2D eigenvalue weighted by molar-refractivity contribution is 5.80. The number of benzene rings is 1. The molecule has 0 radical (unpaired) electrons. The fourth-order valence-corrected chi connectivity index (χ4v) is 1.78. The Morgan fingerprint density at radius 1 is 1.32 bits per heavy atom. The number of hydrogen-bond donors (Lipinski definition) is 1. The second-order valence-electron chi connectivity index (χ2n) is 4.19. The molecule has 2 rings (SSSR count). The Balaban J connectivity index is 2.41. The highest BCUT2D eigenvalue weighted by Crippen LogP contribution is 2.26. The van der Waals surface area contributed by atoms with Crippen molar-refractivity contribution in [2.45, 2.75) is 12.7 Å². The van der Waals surface area contributed by atoms with Crippen molar-refractivity contribution in [1.82, 2.24) is 9.78 Å². The van der Waals surface area contributed by atoms with Crippen LogP contribution in [0.3, 0.4) is 0 Å². The molecule has 1 heterocycles. The van der Waals surface area contributed by atoms with E-state index < -0.39 is 30.7 Å². The first-order valence-corrected chi connectivity index (χ1v) is 5.65. The molecular formula is C12H12F3N3O. The quantitative estimate of drug-likeness (QED) is 0.921. The molecule has 1 aromatic heterocycles. The fourth-order valence-electron chi connectivity index (χ4n) is 1.78. The van der Waals surface area contributed by atoms with Crippen LogP contribution in [0, 0.1) is 5.92 Å². The summed E-state index contributed by atoms with van der Waals surface area (Å²) in [5, 5.41) is 4.70. The van der Waals surface area contributed by atoms with Crippen LogP contribution in [0.2, 0.25) is 0 Å². The molecule has 0 aliphatic rings. The second kappa shape index (κ2) is 5.00. The summed E-state index contributed by atoms with van der Waals surface area (Å²) in [5.41, 5.74) is 4.57. The van der Waals surface area contributed by atoms with Crippen LogP contribution in [0.25, 0.3) is 10.8 Å². The smallest absolute Gasteiger partial charge is 0.330 e. The number of alkyl halides is 3. The van der Waals surface area contributed by atoms with Gasteiger partial charge in [0, 0.05) is 11.9 Å². The highest BCUT2D eigenvalue weighted by Gasteiger charge is 2.39. The Labute approximate surface area is 106 Å². The van der Waals surface area contributed by atoms with Gasteiger partial charge in [-0.05, 0) is 6.07 Å². The maximum absolute atomic E-state index is 12.6. The van der Waals surface area contributed by atoms with Crippen LogP contribution in [0.5, 0.6) is 0 Å². The van der Waals surface area contributed by atoms with E-state index in [1.54, 1.807) is 24.3 Å². The molecule has 0 amide bonds. The lowest BCUT2D eigenvalue weighted by Gasteiger charge is -2.18. The number of nitrogens with two attached hydrogens (primary N) is 1. The molecular weight excluding hydrogens is 259 g/mol. The van der Waals surface area contributed by atoms with E-state index >= 15 is 0 Å². The van der Waals surface area contributed by atoms with Crippen molar-refractivity contribution in [2.75, 3.05) is 6.54 Å². The highest BCUT2D eigenvalue weighted by atomic mass is 19.4. The summed E-state index contributed by atoms with van der Waals surface area (Å²) in [5.74, 6) is -1.78. The summed E-state index contributed by atoms with van der Waals surface area (Å²) in [7, 11) is 0. The Morgan fingerprint density at radius 2 is 2.00 bits per heavy atom. The average Bonchev–Trinajstić information content (AvgIpc) is 2.37. The number of rotatable bonds is 3. The summed E-state index contributed by atoms with van der Waals surface area (Å²) in [6.45, 7) is -1.14. The van der Waals surface area contributed by atoms with Gasteiger partial charge >= 0.3 is 6.18 Å². The van der Waals surface area contributed by atoms with Crippen molar-refractivity contribution in [3.63, 3.8) is 0 Å². The summed E-state index contributed by atoms with van der Waals surface area (Å²) in [4.78, 5) is 12.0. The standard InChI is InChI=1S/C12H12F3N3O/c13-12(14,15)9(5-16)7-18-11(19)10-4-2-1-3-8(10)6-17-18/h1-4,6,9H,5,7,16H2. The molecule has 0 saturated carbocycles. The van der Waals surface area contributed by atoms with Crippen molar-refractivity contribution < 1.29 is 13.2 Å². The Morgan fingerprint density at radius 3 is 2.63 bits per heavy atom. The number of hydrogen-bond acceptors (Lipinski definition) is 3. The van der Waals surface area contributed by atoms with E-state index in [9.17, 15) is 18.0 Å². The predicted molar refractivity (Wildman–Crippen MR) is 64.6 cm³/mol. The van der Waals surface area contributed by atoms with E-state index in [0.717, 1.165) is 4.68 Å². The van der Waals surface area contributed by atoms with Gasteiger partial charge in [0.1, 0.15) is 0 Å². The van der Waals surface area contributed by atoms with Crippen LogP contribution in [-0.2, 0) is 6.54 Å². The van der Waals surface area contributed by atoms with Gasteiger partial charge in [0.15, 0.2) is 0 Å². The number of aromatic nitrogens is 2. The zero-order valence-electron chi connectivity index (χ0n) is 9.89. The van der Waals surface area contributed by atoms with Gasteiger partial charge in [0.25, 0.3) is 5.56 Å². The van der Waals surface area contributed by atoms with Crippen LogP contribution in [0.1, 0.15) is 0 Å². The first-order chi connectivity index (χ1) is 8.93. The molecule has 1 aromatic carbocycles. The third-order valence-corrected chi connectivity index (χ3v) is 2.90. The minimum atomic E-state index is -4.44. The third kappa shape index (κ3) is 2.76. The molecule has 0 spiro atoms. The molecule has 0 aliphatic heterocycles. The number of fused-ring (bicyclic) bond motifs is 1. The van der Waals surface area contributed by atoms with Crippen molar-refractivity contribution in [2.24, 2.45) is 11.7 Å². The van der Waals surface area contributed by atoms with Crippen LogP contribution >= 0.6 is 0 Å². The Bertz CT molecular complexity index is 636. The van der Waals surface area contributed by atoms with E-state index in [-0.39, 0.29) is 0 Å². The molecule has 0 bridgehead atoms. The maximum atomic E-state index is 12.6. The van der Waals surface area contributed by atoms with Crippen LogP contribution < -0.4 is 11.3 Å². The van der Waals surface area contributed by atoms with Gasteiger partial charge in [-0.1, -0.05) is 18.2 Å². The normalized spacial score (nSPS) is 13.7. The van der Waals surface area contributed by atoms with Gasteiger partial charge in [-0.3, -0.25) is 4.79 Å². The van der Waals surface area contributed by atoms with Crippen LogP contribution in [0.4, 0.5) is 13.2 Å². The molecule has 4 nitrogen and oxygen atoms in total. The van der Waals surface area contributed by atoms with Gasteiger partial charge < -0.3 is 5.73 Å². The van der Waals surface area contributed by atoms with Gasteiger partial charge in [-0.25, -0.2) is 4.68 Å². The average molecular weight is 271 g/mol. The Kier molecular flexibility index (Phi) is 3.57. The van der Waals surface area contributed by atoms with Crippen LogP contribution in [0.15, 0.2) is 35.3 Å². The van der Waals surface area contributed by atoms with Crippen molar-refractivity contribution in [1.29, 1.82) is 0 Å². The van der Waals surface area contributed by atoms with Gasteiger partial charge in [0.05, 0.1) is 24.0 Å². The molecule has 0 saturated heterocycles. The first kappa shape index (κ1) is 13.5. The third-order valence-electron chi connectivity index (χ3n) is 2.90. The Hall–Kier alpha value is -1.89. The largest absolute Gasteiger partial charge is 0.394 e. The second-order valence-corrected chi connectivity index (χ2v) is 4.19. The molecule has 0 aliphatic carbocycles. The molecule has 0 fully saturated rings. The zero-order chi connectivity index (χ0) is 14.0. The van der Waals surface area contributed by atoms with Gasteiger partial charge in [-0.2, -0.15) is 18.3 Å². The van der Waals surface area contributed by atoms with E-state index in [2.05, 4.69) is 5.10 Å².